The van der Waals surface area contributed by atoms with Crippen molar-refractivity contribution in [3.05, 3.63) is 60.8 Å². The van der Waals surface area contributed by atoms with E-state index in [4.69, 9.17) is 14.2 Å². The van der Waals surface area contributed by atoms with Gasteiger partial charge in [-0.1, -0.05) is 306 Å². The lowest BCUT2D eigenvalue weighted by Gasteiger charge is -2.18. The van der Waals surface area contributed by atoms with Crippen molar-refractivity contribution in [1.29, 1.82) is 0 Å². The van der Waals surface area contributed by atoms with Gasteiger partial charge in [-0.15, -0.1) is 0 Å². The van der Waals surface area contributed by atoms with Crippen LogP contribution in [0.15, 0.2) is 60.8 Å². The monoisotopic (exact) mass is 1060 g/mol. The largest absolute Gasteiger partial charge is 0.462 e. The SMILES string of the molecule is CC/C=C\C/C=C\C/C=C\C/C=C\CCCCCCC(=O)OC(COC(=O)CCCCCCC/C=C\CCCCC)COC(=O)CCCCCCCCCCCCCCCCCCCCCCCCCCCCCCC. The molecule has 0 aliphatic heterocycles. The van der Waals surface area contributed by atoms with E-state index in [1.807, 2.05) is 0 Å². The first-order valence-corrected chi connectivity index (χ1v) is 33.3. The minimum atomic E-state index is -0.790. The van der Waals surface area contributed by atoms with E-state index in [0.717, 1.165) is 103 Å². The van der Waals surface area contributed by atoms with Crippen molar-refractivity contribution in [2.24, 2.45) is 0 Å². The number of hydrogen-bond acceptors (Lipinski definition) is 6. The first kappa shape index (κ1) is 73.1. The van der Waals surface area contributed by atoms with E-state index < -0.39 is 6.10 Å². The van der Waals surface area contributed by atoms with Gasteiger partial charge in [0.2, 0.25) is 0 Å². The molecule has 6 nitrogen and oxygen atoms in total. The smallest absolute Gasteiger partial charge is 0.306 e. The summed E-state index contributed by atoms with van der Waals surface area (Å²) in [7, 11) is 0. The van der Waals surface area contributed by atoms with Gasteiger partial charge in [0, 0.05) is 19.3 Å². The van der Waals surface area contributed by atoms with Crippen LogP contribution in [-0.4, -0.2) is 37.2 Å². The van der Waals surface area contributed by atoms with Crippen LogP contribution in [0.25, 0.3) is 0 Å². The number of esters is 3. The second-order valence-corrected chi connectivity index (χ2v) is 22.4. The molecule has 1 atom stereocenters. The third-order valence-electron chi connectivity index (χ3n) is 14.8. The number of carbonyl (C=O) groups excluding carboxylic acids is 3. The predicted octanol–water partition coefficient (Wildman–Crippen LogP) is 22.7. The Balaban J connectivity index is 4.18. The molecule has 0 aliphatic carbocycles. The quantitative estimate of drug-likeness (QED) is 0.0261. The van der Waals surface area contributed by atoms with Gasteiger partial charge < -0.3 is 14.2 Å². The van der Waals surface area contributed by atoms with Gasteiger partial charge >= 0.3 is 17.9 Å². The molecule has 0 saturated heterocycles. The summed E-state index contributed by atoms with van der Waals surface area (Å²) < 4.78 is 16.9. The molecule has 0 rings (SSSR count). The second-order valence-electron chi connectivity index (χ2n) is 22.4. The average molecular weight is 1060 g/mol. The van der Waals surface area contributed by atoms with Gasteiger partial charge in [-0.2, -0.15) is 0 Å². The zero-order valence-corrected chi connectivity index (χ0v) is 50.8. The summed E-state index contributed by atoms with van der Waals surface area (Å²) in [6, 6.07) is 0. The van der Waals surface area contributed by atoms with Crippen molar-refractivity contribution in [1.82, 2.24) is 0 Å². The number of carbonyl (C=O) groups is 3. The lowest BCUT2D eigenvalue weighted by Crippen LogP contribution is -2.30. The first-order valence-electron chi connectivity index (χ1n) is 33.3. The Morgan fingerprint density at radius 3 is 0.842 bits per heavy atom. The summed E-state index contributed by atoms with van der Waals surface area (Å²) in [6.45, 7) is 6.52. The number of allylic oxidation sites excluding steroid dienone is 10. The molecule has 0 fully saturated rings. The van der Waals surface area contributed by atoms with Gasteiger partial charge in [0.1, 0.15) is 13.2 Å². The minimum Gasteiger partial charge on any atom is -0.462 e. The van der Waals surface area contributed by atoms with Crippen LogP contribution >= 0.6 is 0 Å². The molecule has 0 radical (unpaired) electrons. The molecule has 0 aliphatic rings. The van der Waals surface area contributed by atoms with Crippen molar-refractivity contribution < 1.29 is 28.6 Å². The normalized spacial score (nSPS) is 12.4. The van der Waals surface area contributed by atoms with E-state index in [9.17, 15) is 14.4 Å². The minimum absolute atomic E-state index is 0.0840. The van der Waals surface area contributed by atoms with Crippen LogP contribution in [0.5, 0.6) is 0 Å². The van der Waals surface area contributed by atoms with Crippen molar-refractivity contribution in [3.8, 4) is 0 Å². The summed E-state index contributed by atoms with van der Waals surface area (Å²) in [5.41, 5.74) is 0. The molecule has 1 unspecified atom stereocenters. The number of unbranched alkanes of at least 4 members (excludes halogenated alkanes) is 40. The maximum absolute atomic E-state index is 12.9. The molecular weight excluding hydrogens is 937 g/mol. The van der Waals surface area contributed by atoms with Gasteiger partial charge in [0.15, 0.2) is 6.10 Å². The molecule has 6 heteroatoms. The molecule has 0 amide bonds. The predicted molar refractivity (Wildman–Crippen MR) is 330 cm³/mol. The number of hydrogen-bond donors (Lipinski definition) is 0. The Bertz CT molecular complexity index is 1360. The van der Waals surface area contributed by atoms with E-state index >= 15 is 0 Å². The third-order valence-corrected chi connectivity index (χ3v) is 14.8. The fraction of sp³-hybridized carbons (Fsp3) is 0.814. The highest BCUT2D eigenvalue weighted by Gasteiger charge is 2.19. The van der Waals surface area contributed by atoms with E-state index in [-0.39, 0.29) is 31.1 Å². The van der Waals surface area contributed by atoms with Crippen LogP contribution in [0.3, 0.4) is 0 Å². The molecule has 0 spiro atoms. The van der Waals surface area contributed by atoms with Crippen molar-refractivity contribution >= 4 is 17.9 Å². The topological polar surface area (TPSA) is 78.9 Å². The van der Waals surface area contributed by atoms with E-state index in [1.54, 1.807) is 0 Å². The lowest BCUT2D eigenvalue weighted by atomic mass is 10.0. The first-order chi connectivity index (χ1) is 37.5. The van der Waals surface area contributed by atoms with Crippen molar-refractivity contribution in [2.45, 2.75) is 354 Å². The second kappa shape index (κ2) is 64.6. The fourth-order valence-electron chi connectivity index (χ4n) is 9.79. The average Bonchev–Trinajstić information content (AvgIpc) is 3.42. The van der Waals surface area contributed by atoms with E-state index in [2.05, 4.69) is 81.5 Å². The van der Waals surface area contributed by atoms with Gasteiger partial charge in [-0.05, 0) is 83.5 Å². The van der Waals surface area contributed by atoms with Crippen molar-refractivity contribution in [2.75, 3.05) is 13.2 Å². The zero-order chi connectivity index (χ0) is 55.0. The van der Waals surface area contributed by atoms with E-state index in [0.29, 0.717) is 19.3 Å². The van der Waals surface area contributed by atoms with Gasteiger partial charge in [-0.3, -0.25) is 14.4 Å². The molecule has 76 heavy (non-hydrogen) atoms. The van der Waals surface area contributed by atoms with Crippen LogP contribution in [0.2, 0.25) is 0 Å². The number of ether oxygens (including phenoxy) is 3. The Morgan fingerprint density at radius 2 is 0.513 bits per heavy atom. The fourth-order valence-corrected chi connectivity index (χ4v) is 9.79. The van der Waals surface area contributed by atoms with Crippen LogP contribution < -0.4 is 0 Å². The molecule has 0 aromatic carbocycles. The molecule has 0 saturated carbocycles. The molecular formula is C70H126O6. The molecule has 0 aromatic rings. The van der Waals surface area contributed by atoms with Crippen LogP contribution in [0, 0.1) is 0 Å². The summed E-state index contributed by atoms with van der Waals surface area (Å²) in [5, 5.41) is 0. The Hall–Kier alpha value is -2.89. The van der Waals surface area contributed by atoms with Crippen molar-refractivity contribution in [3.63, 3.8) is 0 Å². The lowest BCUT2D eigenvalue weighted by molar-refractivity contribution is -0.167. The zero-order valence-electron chi connectivity index (χ0n) is 50.8. The Labute approximate surface area is 472 Å². The highest BCUT2D eigenvalue weighted by molar-refractivity contribution is 5.71. The molecule has 0 bridgehead atoms. The summed E-state index contributed by atoms with van der Waals surface area (Å²) >= 11 is 0. The molecule has 442 valence electrons. The third kappa shape index (κ3) is 62.0. The highest BCUT2D eigenvalue weighted by atomic mass is 16.6. The van der Waals surface area contributed by atoms with Gasteiger partial charge in [0.25, 0.3) is 0 Å². The van der Waals surface area contributed by atoms with Gasteiger partial charge in [0.05, 0.1) is 0 Å². The Morgan fingerprint density at radius 1 is 0.276 bits per heavy atom. The van der Waals surface area contributed by atoms with Crippen LogP contribution in [0.4, 0.5) is 0 Å². The molecule has 0 N–H and O–H groups in total. The summed E-state index contributed by atoms with van der Waals surface area (Å²) in [4.78, 5) is 38.3. The van der Waals surface area contributed by atoms with Crippen LogP contribution in [0.1, 0.15) is 348 Å². The standard InChI is InChI=1S/C70H126O6/c1-4-7-10-13-16-19-22-25-27-29-30-31-32-33-34-35-36-37-38-39-40-42-43-45-48-51-54-57-60-63-69(72)75-66-67(65-74-68(71)62-59-56-53-50-47-24-21-18-15-12-9-6-3)76-70(73)64-61-58-55-52-49-46-44-41-28-26-23-20-17-14-11-8-5-2/h8,11,17-18,20-21,26,28,44,46,67H,4-7,9-10,12-16,19,22-25,27,29-43,45,47-66H2,1-3H3/b11-8-,20-17-,21-18-,28-26-,46-44-. The highest BCUT2D eigenvalue weighted by Crippen LogP contribution is 2.18. The number of rotatable bonds is 61. The maximum atomic E-state index is 12.9. The van der Waals surface area contributed by atoms with E-state index in [1.165, 1.54) is 205 Å². The molecule has 0 heterocycles. The van der Waals surface area contributed by atoms with Crippen LogP contribution in [-0.2, 0) is 28.6 Å². The maximum Gasteiger partial charge on any atom is 0.306 e. The molecule has 0 aromatic heterocycles. The van der Waals surface area contributed by atoms with Gasteiger partial charge in [-0.25, -0.2) is 0 Å². The summed E-state index contributed by atoms with van der Waals surface area (Å²) in [5.74, 6) is -0.901. The Kier molecular flexibility index (Phi) is 62.2. The summed E-state index contributed by atoms with van der Waals surface area (Å²) in [6.07, 6.45) is 82.6.